The Bertz CT molecular complexity index is 546. The van der Waals surface area contributed by atoms with Crippen LogP contribution in [0.3, 0.4) is 0 Å². The lowest BCUT2D eigenvalue weighted by Crippen LogP contribution is -2.22. The van der Waals surface area contributed by atoms with E-state index in [0.29, 0.717) is 25.4 Å². The van der Waals surface area contributed by atoms with E-state index in [1.807, 2.05) is 12.1 Å². The SMILES string of the molecule is CC(C)CCC(=O)NCc1ccc(Cn2cncn2)cc1. The van der Waals surface area contributed by atoms with Gasteiger partial charge in [-0.05, 0) is 23.5 Å². The maximum absolute atomic E-state index is 11.7. The van der Waals surface area contributed by atoms with Crippen LogP contribution in [0.4, 0.5) is 0 Å². The fourth-order valence-corrected chi connectivity index (χ4v) is 1.97. The van der Waals surface area contributed by atoms with Crippen LogP contribution >= 0.6 is 0 Å². The number of benzene rings is 1. The largest absolute Gasteiger partial charge is 0.352 e. The smallest absolute Gasteiger partial charge is 0.220 e. The molecule has 0 spiro atoms. The van der Waals surface area contributed by atoms with Gasteiger partial charge in [-0.2, -0.15) is 5.10 Å². The molecule has 2 rings (SSSR count). The van der Waals surface area contributed by atoms with Crippen LogP contribution in [0.1, 0.15) is 37.8 Å². The molecule has 0 aliphatic heterocycles. The number of carbonyl (C=O) groups excluding carboxylic acids is 1. The van der Waals surface area contributed by atoms with Crippen LogP contribution in [0, 0.1) is 5.92 Å². The molecule has 5 nitrogen and oxygen atoms in total. The Morgan fingerprint density at radius 3 is 2.57 bits per heavy atom. The van der Waals surface area contributed by atoms with E-state index in [1.54, 1.807) is 11.0 Å². The average molecular weight is 286 g/mol. The minimum Gasteiger partial charge on any atom is -0.352 e. The monoisotopic (exact) mass is 286 g/mol. The zero-order valence-corrected chi connectivity index (χ0v) is 12.6. The van der Waals surface area contributed by atoms with Crippen LogP contribution in [0.25, 0.3) is 0 Å². The molecule has 2 aromatic rings. The highest BCUT2D eigenvalue weighted by atomic mass is 16.1. The van der Waals surface area contributed by atoms with E-state index in [2.05, 4.69) is 41.4 Å². The molecule has 0 unspecified atom stereocenters. The van der Waals surface area contributed by atoms with Crippen LogP contribution in [0.2, 0.25) is 0 Å². The Hall–Kier alpha value is -2.17. The number of amides is 1. The van der Waals surface area contributed by atoms with Gasteiger partial charge in [-0.25, -0.2) is 9.67 Å². The summed E-state index contributed by atoms with van der Waals surface area (Å²) >= 11 is 0. The lowest BCUT2D eigenvalue weighted by Gasteiger charge is -2.08. The second-order valence-corrected chi connectivity index (χ2v) is 5.62. The standard InChI is InChI=1S/C16H22N4O/c1-13(2)3-8-16(21)18-9-14-4-6-15(7-5-14)10-20-12-17-11-19-20/h4-7,11-13H,3,8-10H2,1-2H3,(H,18,21). The number of rotatable bonds is 7. The van der Waals surface area contributed by atoms with Gasteiger partial charge in [0.15, 0.2) is 0 Å². The van der Waals surface area contributed by atoms with E-state index in [0.717, 1.165) is 17.5 Å². The van der Waals surface area contributed by atoms with Gasteiger partial charge in [0, 0.05) is 13.0 Å². The highest BCUT2D eigenvalue weighted by molar-refractivity contribution is 5.75. The first-order chi connectivity index (χ1) is 10.1. The van der Waals surface area contributed by atoms with Gasteiger partial charge in [0.1, 0.15) is 12.7 Å². The summed E-state index contributed by atoms with van der Waals surface area (Å²) in [7, 11) is 0. The molecule has 0 aliphatic carbocycles. The van der Waals surface area contributed by atoms with Crippen molar-refractivity contribution in [3.63, 3.8) is 0 Å². The van der Waals surface area contributed by atoms with Gasteiger partial charge in [-0.3, -0.25) is 4.79 Å². The van der Waals surface area contributed by atoms with Crippen molar-refractivity contribution < 1.29 is 4.79 Å². The number of nitrogens with zero attached hydrogens (tertiary/aromatic N) is 3. The predicted octanol–water partition coefficient (Wildman–Crippen LogP) is 2.38. The van der Waals surface area contributed by atoms with E-state index in [4.69, 9.17) is 0 Å². The number of aromatic nitrogens is 3. The highest BCUT2D eigenvalue weighted by Crippen LogP contribution is 2.07. The number of hydrogen-bond donors (Lipinski definition) is 1. The van der Waals surface area contributed by atoms with E-state index >= 15 is 0 Å². The topological polar surface area (TPSA) is 59.8 Å². The van der Waals surface area contributed by atoms with Crippen LogP contribution in [0.15, 0.2) is 36.9 Å². The minimum absolute atomic E-state index is 0.121. The van der Waals surface area contributed by atoms with E-state index in [-0.39, 0.29) is 5.91 Å². The molecule has 0 fully saturated rings. The Morgan fingerprint density at radius 2 is 1.95 bits per heavy atom. The molecule has 0 bridgehead atoms. The lowest BCUT2D eigenvalue weighted by atomic mass is 10.1. The molecular formula is C16H22N4O. The van der Waals surface area contributed by atoms with Crippen molar-refractivity contribution in [3.8, 4) is 0 Å². The predicted molar refractivity (Wildman–Crippen MR) is 81.5 cm³/mol. The average Bonchev–Trinajstić information content (AvgIpc) is 2.97. The first-order valence-electron chi connectivity index (χ1n) is 7.30. The van der Waals surface area contributed by atoms with Crippen molar-refractivity contribution >= 4 is 5.91 Å². The highest BCUT2D eigenvalue weighted by Gasteiger charge is 2.03. The normalized spacial score (nSPS) is 10.8. The molecule has 0 atom stereocenters. The molecule has 1 amide bonds. The van der Waals surface area contributed by atoms with Crippen molar-refractivity contribution in [2.75, 3.05) is 0 Å². The van der Waals surface area contributed by atoms with Crippen molar-refractivity contribution in [1.29, 1.82) is 0 Å². The molecule has 21 heavy (non-hydrogen) atoms. The molecule has 1 aromatic carbocycles. The summed E-state index contributed by atoms with van der Waals surface area (Å²) in [6.45, 7) is 5.55. The second-order valence-electron chi connectivity index (χ2n) is 5.62. The van der Waals surface area contributed by atoms with Gasteiger partial charge in [-0.15, -0.1) is 0 Å². The summed E-state index contributed by atoms with van der Waals surface area (Å²) in [6, 6.07) is 8.18. The molecule has 5 heteroatoms. The van der Waals surface area contributed by atoms with Gasteiger partial charge < -0.3 is 5.32 Å². The third-order valence-corrected chi connectivity index (χ3v) is 3.27. The summed E-state index contributed by atoms with van der Waals surface area (Å²) in [5.74, 6) is 0.683. The summed E-state index contributed by atoms with van der Waals surface area (Å²) in [5, 5.41) is 7.03. The Morgan fingerprint density at radius 1 is 1.24 bits per heavy atom. The number of hydrogen-bond acceptors (Lipinski definition) is 3. The number of nitrogens with one attached hydrogen (secondary N) is 1. The number of carbonyl (C=O) groups is 1. The van der Waals surface area contributed by atoms with Crippen molar-refractivity contribution in [3.05, 3.63) is 48.0 Å². The van der Waals surface area contributed by atoms with Crippen LogP contribution in [-0.4, -0.2) is 20.7 Å². The summed E-state index contributed by atoms with van der Waals surface area (Å²) in [5.41, 5.74) is 2.27. The van der Waals surface area contributed by atoms with Gasteiger partial charge in [0.25, 0.3) is 0 Å². The van der Waals surface area contributed by atoms with Gasteiger partial charge in [0.2, 0.25) is 5.91 Å². The van der Waals surface area contributed by atoms with Gasteiger partial charge >= 0.3 is 0 Å². The zero-order chi connectivity index (χ0) is 15.1. The fourth-order valence-electron chi connectivity index (χ4n) is 1.97. The molecule has 1 aromatic heterocycles. The molecule has 0 saturated carbocycles. The van der Waals surface area contributed by atoms with Gasteiger partial charge in [0.05, 0.1) is 6.54 Å². The first-order valence-corrected chi connectivity index (χ1v) is 7.30. The third-order valence-electron chi connectivity index (χ3n) is 3.27. The summed E-state index contributed by atoms with van der Waals surface area (Å²) in [4.78, 5) is 15.6. The van der Waals surface area contributed by atoms with Gasteiger partial charge in [-0.1, -0.05) is 38.1 Å². The van der Waals surface area contributed by atoms with Crippen molar-refractivity contribution in [1.82, 2.24) is 20.1 Å². The van der Waals surface area contributed by atoms with Crippen LogP contribution < -0.4 is 5.32 Å². The maximum Gasteiger partial charge on any atom is 0.220 e. The molecule has 0 saturated heterocycles. The molecule has 1 heterocycles. The zero-order valence-electron chi connectivity index (χ0n) is 12.6. The van der Waals surface area contributed by atoms with E-state index in [1.165, 1.54) is 6.33 Å². The van der Waals surface area contributed by atoms with E-state index in [9.17, 15) is 4.79 Å². The summed E-state index contributed by atoms with van der Waals surface area (Å²) < 4.78 is 1.78. The van der Waals surface area contributed by atoms with Crippen molar-refractivity contribution in [2.24, 2.45) is 5.92 Å². The quantitative estimate of drug-likeness (QED) is 0.850. The lowest BCUT2D eigenvalue weighted by molar-refractivity contribution is -0.121. The summed E-state index contributed by atoms with van der Waals surface area (Å²) in [6.07, 6.45) is 4.76. The Balaban J connectivity index is 1.78. The third kappa shape index (κ3) is 5.38. The van der Waals surface area contributed by atoms with Crippen molar-refractivity contribution in [2.45, 2.75) is 39.8 Å². The second kappa shape index (κ2) is 7.57. The molecular weight excluding hydrogens is 264 g/mol. The molecule has 112 valence electrons. The fraction of sp³-hybridized carbons (Fsp3) is 0.438. The minimum atomic E-state index is 0.121. The first kappa shape index (κ1) is 15.2. The Labute approximate surface area is 125 Å². The Kier molecular flexibility index (Phi) is 5.49. The molecule has 1 N–H and O–H groups in total. The van der Waals surface area contributed by atoms with Crippen LogP contribution in [0.5, 0.6) is 0 Å². The maximum atomic E-state index is 11.7. The molecule has 0 aliphatic rings. The van der Waals surface area contributed by atoms with E-state index < -0.39 is 0 Å². The molecule has 0 radical (unpaired) electrons. The van der Waals surface area contributed by atoms with Crippen LogP contribution in [-0.2, 0) is 17.9 Å².